The number of hydrogen-bond donors (Lipinski definition) is 0. The zero-order valence-electron chi connectivity index (χ0n) is 18.9. The van der Waals surface area contributed by atoms with Crippen molar-refractivity contribution in [3.05, 3.63) is 78.1 Å². The van der Waals surface area contributed by atoms with Gasteiger partial charge in [0.05, 0.1) is 5.92 Å². The molecule has 6 nitrogen and oxygen atoms in total. The van der Waals surface area contributed by atoms with Crippen LogP contribution in [0, 0.1) is 5.92 Å². The van der Waals surface area contributed by atoms with E-state index >= 15 is 0 Å². The van der Waals surface area contributed by atoms with Gasteiger partial charge in [-0.2, -0.15) is 0 Å². The lowest BCUT2D eigenvalue weighted by molar-refractivity contribution is -0.138. The van der Waals surface area contributed by atoms with Crippen LogP contribution in [0.4, 0.5) is 0 Å². The van der Waals surface area contributed by atoms with Crippen LogP contribution in [0.2, 0.25) is 0 Å². The number of benzene rings is 2. The first-order valence-electron chi connectivity index (χ1n) is 11.9. The Balaban J connectivity index is 1.20. The molecule has 0 saturated carbocycles. The number of likely N-dealkylation sites (tertiary alicyclic amines) is 1. The number of piperazine rings is 1. The van der Waals surface area contributed by atoms with Crippen molar-refractivity contribution in [1.29, 1.82) is 0 Å². The molecular weight excluding hydrogens is 412 g/mol. The minimum Gasteiger partial charge on any atom is -0.340 e. The predicted molar refractivity (Wildman–Crippen MR) is 129 cm³/mol. The molecule has 2 aliphatic rings. The van der Waals surface area contributed by atoms with Crippen molar-refractivity contribution in [1.82, 2.24) is 19.7 Å². The third-order valence-electron chi connectivity index (χ3n) is 6.89. The molecule has 2 amide bonds. The van der Waals surface area contributed by atoms with Gasteiger partial charge in [-0.05, 0) is 41.3 Å². The second-order valence-electron chi connectivity index (χ2n) is 9.08. The molecule has 0 aliphatic carbocycles. The summed E-state index contributed by atoms with van der Waals surface area (Å²) in [4.78, 5) is 37.1. The maximum atomic E-state index is 13.4. The largest absolute Gasteiger partial charge is 0.340 e. The highest BCUT2D eigenvalue weighted by molar-refractivity contribution is 6.07. The molecule has 5 rings (SSSR count). The Hall–Kier alpha value is -3.25. The van der Waals surface area contributed by atoms with E-state index in [9.17, 15) is 9.59 Å². The first-order chi connectivity index (χ1) is 16.2. The van der Waals surface area contributed by atoms with Crippen LogP contribution in [0.1, 0.15) is 28.8 Å². The fraction of sp³-hybridized carbons (Fsp3) is 0.370. The van der Waals surface area contributed by atoms with Crippen molar-refractivity contribution >= 4 is 22.6 Å². The SMILES string of the molecule is O=C(c1cccc2ccccc12)N1CCC[C@H](C(=O)N2CCN(Cc3cccnc3)CC2)C1. The van der Waals surface area contributed by atoms with Crippen molar-refractivity contribution in [3.8, 4) is 0 Å². The lowest BCUT2D eigenvalue weighted by atomic mass is 9.95. The summed E-state index contributed by atoms with van der Waals surface area (Å²) in [5.74, 6) is 0.125. The third-order valence-corrected chi connectivity index (χ3v) is 6.89. The Labute approximate surface area is 194 Å². The molecule has 6 heteroatoms. The van der Waals surface area contributed by atoms with Gasteiger partial charge in [-0.15, -0.1) is 0 Å². The molecule has 3 aromatic rings. The lowest BCUT2D eigenvalue weighted by Gasteiger charge is -2.39. The summed E-state index contributed by atoms with van der Waals surface area (Å²) in [6, 6.07) is 17.9. The first kappa shape index (κ1) is 21.6. The molecule has 2 aromatic carbocycles. The molecule has 1 aromatic heterocycles. The number of fused-ring (bicyclic) bond motifs is 1. The average molecular weight is 443 g/mol. The van der Waals surface area contributed by atoms with E-state index in [2.05, 4.69) is 16.0 Å². The molecule has 3 heterocycles. The molecule has 170 valence electrons. The molecule has 0 radical (unpaired) electrons. The smallest absolute Gasteiger partial charge is 0.254 e. The summed E-state index contributed by atoms with van der Waals surface area (Å²) in [6.07, 6.45) is 5.42. The molecule has 2 saturated heterocycles. The zero-order valence-corrected chi connectivity index (χ0v) is 18.9. The minimum absolute atomic E-state index is 0.0330. The topological polar surface area (TPSA) is 56.8 Å². The Morgan fingerprint density at radius 1 is 0.879 bits per heavy atom. The zero-order chi connectivity index (χ0) is 22.6. The van der Waals surface area contributed by atoms with Crippen LogP contribution in [-0.4, -0.2) is 70.8 Å². The average Bonchev–Trinajstić information content (AvgIpc) is 2.88. The monoisotopic (exact) mass is 442 g/mol. The Morgan fingerprint density at radius 3 is 2.52 bits per heavy atom. The number of hydrogen-bond acceptors (Lipinski definition) is 4. The van der Waals surface area contributed by atoms with Crippen LogP contribution in [0.5, 0.6) is 0 Å². The second-order valence-corrected chi connectivity index (χ2v) is 9.08. The summed E-state index contributed by atoms with van der Waals surface area (Å²) in [7, 11) is 0. The van der Waals surface area contributed by atoms with Crippen molar-refractivity contribution < 1.29 is 9.59 Å². The van der Waals surface area contributed by atoms with E-state index in [1.54, 1.807) is 6.20 Å². The number of nitrogens with zero attached hydrogens (tertiary/aromatic N) is 4. The van der Waals surface area contributed by atoms with Crippen molar-refractivity contribution in [3.63, 3.8) is 0 Å². The maximum absolute atomic E-state index is 13.4. The quantitative estimate of drug-likeness (QED) is 0.621. The Kier molecular flexibility index (Phi) is 6.35. The molecule has 1 atom stereocenters. The molecular formula is C27H30N4O2. The van der Waals surface area contributed by atoms with Crippen LogP contribution < -0.4 is 0 Å². The van der Waals surface area contributed by atoms with E-state index in [-0.39, 0.29) is 17.7 Å². The van der Waals surface area contributed by atoms with Gasteiger partial charge in [0.2, 0.25) is 5.91 Å². The fourth-order valence-electron chi connectivity index (χ4n) is 5.08. The molecule has 2 fully saturated rings. The highest BCUT2D eigenvalue weighted by Crippen LogP contribution is 2.25. The Morgan fingerprint density at radius 2 is 1.70 bits per heavy atom. The number of rotatable bonds is 4. The van der Waals surface area contributed by atoms with Crippen molar-refractivity contribution in [2.75, 3.05) is 39.3 Å². The van der Waals surface area contributed by atoms with Gasteiger partial charge in [-0.25, -0.2) is 0 Å². The molecule has 0 bridgehead atoms. The summed E-state index contributed by atoms with van der Waals surface area (Å²) in [5.41, 5.74) is 1.93. The second kappa shape index (κ2) is 9.71. The van der Waals surface area contributed by atoms with E-state index in [1.807, 2.05) is 64.5 Å². The Bertz CT molecular complexity index is 1120. The highest BCUT2D eigenvalue weighted by atomic mass is 16.2. The number of carbonyl (C=O) groups is 2. The summed E-state index contributed by atoms with van der Waals surface area (Å²) >= 11 is 0. The van der Waals surface area contributed by atoms with Gasteiger partial charge in [-0.1, -0.05) is 42.5 Å². The summed E-state index contributed by atoms with van der Waals surface area (Å²) < 4.78 is 0. The normalized spacial score (nSPS) is 19.6. The van der Waals surface area contributed by atoms with Gasteiger partial charge in [0.1, 0.15) is 0 Å². The van der Waals surface area contributed by atoms with E-state index < -0.39 is 0 Å². The van der Waals surface area contributed by atoms with Gasteiger partial charge in [0.25, 0.3) is 5.91 Å². The molecule has 33 heavy (non-hydrogen) atoms. The molecule has 0 unspecified atom stereocenters. The summed E-state index contributed by atoms with van der Waals surface area (Å²) in [5, 5.41) is 2.04. The van der Waals surface area contributed by atoms with Crippen molar-refractivity contribution in [2.24, 2.45) is 5.92 Å². The number of carbonyl (C=O) groups excluding carboxylic acids is 2. The van der Waals surface area contributed by atoms with Gasteiger partial charge in [0, 0.05) is 63.8 Å². The third kappa shape index (κ3) is 4.76. The van der Waals surface area contributed by atoms with Crippen LogP contribution >= 0.6 is 0 Å². The van der Waals surface area contributed by atoms with Crippen LogP contribution in [0.25, 0.3) is 10.8 Å². The highest BCUT2D eigenvalue weighted by Gasteiger charge is 2.33. The van der Waals surface area contributed by atoms with Crippen LogP contribution in [0.15, 0.2) is 67.0 Å². The number of amides is 2. The van der Waals surface area contributed by atoms with Crippen LogP contribution in [0.3, 0.4) is 0 Å². The van der Waals surface area contributed by atoms with E-state index in [0.29, 0.717) is 13.1 Å². The summed E-state index contributed by atoms with van der Waals surface area (Å²) in [6.45, 7) is 5.31. The fourth-order valence-corrected chi connectivity index (χ4v) is 5.08. The van der Waals surface area contributed by atoms with E-state index in [4.69, 9.17) is 0 Å². The van der Waals surface area contributed by atoms with Gasteiger partial charge >= 0.3 is 0 Å². The van der Waals surface area contributed by atoms with E-state index in [0.717, 1.165) is 61.9 Å². The van der Waals surface area contributed by atoms with Gasteiger partial charge < -0.3 is 9.80 Å². The first-order valence-corrected chi connectivity index (χ1v) is 11.9. The van der Waals surface area contributed by atoms with Gasteiger partial charge in [0.15, 0.2) is 0 Å². The predicted octanol–water partition coefficient (Wildman–Crippen LogP) is 3.43. The maximum Gasteiger partial charge on any atom is 0.254 e. The van der Waals surface area contributed by atoms with Gasteiger partial charge in [-0.3, -0.25) is 19.5 Å². The van der Waals surface area contributed by atoms with E-state index in [1.165, 1.54) is 5.56 Å². The van der Waals surface area contributed by atoms with Crippen molar-refractivity contribution in [2.45, 2.75) is 19.4 Å². The molecule has 0 N–H and O–H groups in total. The van der Waals surface area contributed by atoms with Crippen LogP contribution in [-0.2, 0) is 11.3 Å². The number of piperidine rings is 1. The molecule has 0 spiro atoms. The number of aromatic nitrogens is 1. The minimum atomic E-state index is -0.109. The molecule has 2 aliphatic heterocycles. The number of pyridine rings is 1. The lowest BCUT2D eigenvalue weighted by Crippen LogP contribution is -2.52. The standard InChI is InChI=1S/C27H30N4O2/c32-26(30-16-14-29(15-17-30)19-21-6-4-12-28-18-21)23-9-5-13-31(20-23)27(33)25-11-3-8-22-7-1-2-10-24(22)25/h1-4,6-8,10-12,18,23H,5,9,13-17,19-20H2/t23-/m0/s1.